The Hall–Kier alpha value is -2.37. The lowest BCUT2D eigenvalue weighted by atomic mass is 10.1. The van der Waals surface area contributed by atoms with Gasteiger partial charge in [-0.3, -0.25) is 0 Å². The number of hydrogen-bond acceptors (Lipinski definition) is 2. The van der Waals surface area contributed by atoms with Crippen molar-refractivity contribution in [3.63, 3.8) is 0 Å². The number of nitrogens with one attached hydrogen (secondary N) is 1. The third kappa shape index (κ3) is 4.23. The van der Waals surface area contributed by atoms with Crippen LogP contribution in [0.15, 0.2) is 65.7 Å². The third-order valence-corrected chi connectivity index (χ3v) is 6.03. The van der Waals surface area contributed by atoms with Crippen molar-refractivity contribution in [3.8, 4) is 0 Å². The summed E-state index contributed by atoms with van der Waals surface area (Å²) in [7, 11) is -3.53. The molecule has 0 aliphatic heterocycles. The summed E-state index contributed by atoms with van der Waals surface area (Å²) in [6.45, 7) is 6.92. The normalized spacial score (nSPS) is 11.7. The molecule has 5 heteroatoms. The zero-order valence-corrected chi connectivity index (χ0v) is 16.2. The van der Waals surface area contributed by atoms with Gasteiger partial charge in [0.05, 0.1) is 11.4 Å². The highest BCUT2D eigenvalue weighted by Gasteiger charge is 2.15. The van der Waals surface area contributed by atoms with E-state index in [0.29, 0.717) is 11.4 Å². The summed E-state index contributed by atoms with van der Waals surface area (Å²) in [5.74, 6) is 0. The van der Waals surface area contributed by atoms with Crippen LogP contribution in [0.1, 0.15) is 27.9 Å². The summed E-state index contributed by atoms with van der Waals surface area (Å²) in [5, 5.41) is 0. The van der Waals surface area contributed by atoms with Gasteiger partial charge < -0.3 is 4.57 Å². The lowest BCUT2D eigenvalue weighted by Gasteiger charge is -2.12. The summed E-state index contributed by atoms with van der Waals surface area (Å²) in [4.78, 5) is 0.303. The number of rotatable bonds is 6. The van der Waals surface area contributed by atoms with Crippen molar-refractivity contribution in [2.75, 3.05) is 0 Å². The summed E-state index contributed by atoms with van der Waals surface area (Å²) >= 11 is 0. The fourth-order valence-corrected chi connectivity index (χ4v) is 3.87. The predicted octanol–water partition coefficient (Wildman–Crippen LogP) is 3.94. The Labute approximate surface area is 155 Å². The van der Waals surface area contributed by atoms with E-state index < -0.39 is 10.0 Å². The largest absolute Gasteiger partial charge is 0.346 e. The molecule has 2 aromatic carbocycles. The highest BCUT2D eigenvalue weighted by atomic mass is 32.2. The first-order valence-electron chi connectivity index (χ1n) is 8.62. The van der Waals surface area contributed by atoms with Crippen molar-refractivity contribution >= 4 is 10.0 Å². The van der Waals surface area contributed by atoms with Gasteiger partial charge in [0.1, 0.15) is 0 Å². The topological polar surface area (TPSA) is 51.1 Å². The molecule has 136 valence electrons. The van der Waals surface area contributed by atoms with Crippen molar-refractivity contribution in [1.82, 2.24) is 9.29 Å². The third-order valence-electron chi connectivity index (χ3n) is 4.63. The van der Waals surface area contributed by atoms with Gasteiger partial charge >= 0.3 is 0 Å². The molecule has 3 aromatic rings. The molecule has 0 saturated carbocycles. The van der Waals surface area contributed by atoms with Crippen molar-refractivity contribution < 1.29 is 8.42 Å². The quantitative estimate of drug-likeness (QED) is 0.716. The van der Waals surface area contributed by atoms with Crippen LogP contribution in [0.5, 0.6) is 0 Å². The van der Waals surface area contributed by atoms with Crippen molar-refractivity contribution in [2.24, 2.45) is 0 Å². The molecule has 0 amide bonds. The average molecular weight is 369 g/mol. The Balaban J connectivity index is 1.73. The second-order valence-corrected chi connectivity index (χ2v) is 8.45. The van der Waals surface area contributed by atoms with E-state index >= 15 is 0 Å². The molecule has 0 aliphatic carbocycles. The van der Waals surface area contributed by atoms with E-state index in [-0.39, 0.29) is 6.54 Å². The molecule has 0 unspecified atom stereocenters. The van der Waals surface area contributed by atoms with Crippen LogP contribution in [0, 0.1) is 20.8 Å². The zero-order chi connectivity index (χ0) is 18.7. The zero-order valence-electron chi connectivity index (χ0n) is 15.4. The van der Waals surface area contributed by atoms with Crippen LogP contribution in [0.25, 0.3) is 0 Å². The molecule has 0 aliphatic rings. The highest BCUT2D eigenvalue weighted by Crippen LogP contribution is 2.15. The summed E-state index contributed by atoms with van der Waals surface area (Å²) in [6.07, 6.45) is 1.97. The van der Waals surface area contributed by atoms with E-state index in [1.807, 2.05) is 38.2 Å². The van der Waals surface area contributed by atoms with Crippen LogP contribution in [0.4, 0.5) is 0 Å². The molecule has 1 heterocycles. The predicted molar refractivity (Wildman–Crippen MR) is 105 cm³/mol. The molecular formula is C21H24N2O2S. The maximum atomic E-state index is 12.6. The van der Waals surface area contributed by atoms with Gasteiger partial charge in [-0.1, -0.05) is 35.9 Å². The smallest absolute Gasteiger partial charge is 0.240 e. The number of benzene rings is 2. The summed E-state index contributed by atoms with van der Waals surface area (Å²) in [5.41, 5.74) is 5.39. The fraction of sp³-hybridized carbons (Fsp3) is 0.238. The minimum Gasteiger partial charge on any atom is -0.346 e. The molecule has 4 nitrogen and oxygen atoms in total. The highest BCUT2D eigenvalue weighted by molar-refractivity contribution is 7.89. The van der Waals surface area contributed by atoms with Crippen LogP contribution in [0.3, 0.4) is 0 Å². The number of aromatic nitrogens is 1. The second-order valence-electron chi connectivity index (χ2n) is 6.68. The van der Waals surface area contributed by atoms with E-state index in [0.717, 1.165) is 16.8 Å². The van der Waals surface area contributed by atoms with Crippen LogP contribution in [0.2, 0.25) is 0 Å². The molecule has 0 spiro atoms. The van der Waals surface area contributed by atoms with Crippen LogP contribution < -0.4 is 4.72 Å². The standard InChI is InChI=1S/C21H24N2O2S/c1-16-6-9-19(10-7-16)15-23-12-4-5-20(23)14-22-26(24,25)21-11-8-17(2)18(3)13-21/h4-13,22H,14-15H2,1-3H3. The molecule has 26 heavy (non-hydrogen) atoms. The van der Waals surface area contributed by atoms with E-state index in [1.54, 1.807) is 12.1 Å². The number of nitrogens with zero attached hydrogens (tertiary/aromatic N) is 1. The lowest BCUT2D eigenvalue weighted by Crippen LogP contribution is -2.24. The van der Waals surface area contributed by atoms with Crippen LogP contribution >= 0.6 is 0 Å². The minimum absolute atomic E-state index is 0.258. The van der Waals surface area contributed by atoms with Gasteiger partial charge in [-0.2, -0.15) is 0 Å². The number of aryl methyl sites for hydroxylation is 3. The first kappa shape index (κ1) is 18.4. The minimum atomic E-state index is -3.53. The van der Waals surface area contributed by atoms with Gasteiger partial charge in [-0.15, -0.1) is 0 Å². The molecule has 0 saturated heterocycles. The van der Waals surface area contributed by atoms with Crippen LogP contribution in [-0.2, 0) is 23.1 Å². The first-order chi connectivity index (χ1) is 12.3. The van der Waals surface area contributed by atoms with Gasteiger partial charge in [0.2, 0.25) is 10.0 Å². The first-order valence-corrected chi connectivity index (χ1v) is 10.1. The van der Waals surface area contributed by atoms with Crippen molar-refractivity contribution in [1.29, 1.82) is 0 Å². The van der Waals surface area contributed by atoms with E-state index in [2.05, 4.69) is 40.5 Å². The lowest BCUT2D eigenvalue weighted by molar-refractivity contribution is 0.578. The van der Waals surface area contributed by atoms with Crippen molar-refractivity contribution in [3.05, 3.63) is 88.7 Å². The Bertz CT molecular complexity index is 1000. The van der Waals surface area contributed by atoms with Crippen LogP contribution in [-0.4, -0.2) is 13.0 Å². The molecular weight excluding hydrogens is 344 g/mol. The SMILES string of the molecule is Cc1ccc(Cn2cccc2CNS(=O)(=O)c2ccc(C)c(C)c2)cc1. The summed E-state index contributed by atoms with van der Waals surface area (Å²) in [6, 6.07) is 17.4. The molecule has 1 aromatic heterocycles. The molecule has 1 N–H and O–H groups in total. The maximum absolute atomic E-state index is 12.6. The number of sulfonamides is 1. The van der Waals surface area contributed by atoms with E-state index in [4.69, 9.17) is 0 Å². The van der Waals surface area contributed by atoms with Gasteiger partial charge in [0.15, 0.2) is 0 Å². The van der Waals surface area contributed by atoms with E-state index in [9.17, 15) is 8.42 Å². The summed E-state index contributed by atoms with van der Waals surface area (Å²) < 4.78 is 29.9. The van der Waals surface area contributed by atoms with Gasteiger partial charge in [0.25, 0.3) is 0 Å². The number of hydrogen-bond donors (Lipinski definition) is 1. The molecule has 0 radical (unpaired) electrons. The Kier molecular flexibility index (Phi) is 5.30. The van der Waals surface area contributed by atoms with Gasteiger partial charge in [-0.25, -0.2) is 13.1 Å². The fourth-order valence-electron chi connectivity index (χ4n) is 2.79. The maximum Gasteiger partial charge on any atom is 0.240 e. The second kappa shape index (κ2) is 7.48. The monoisotopic (exact) mass is 368 g/mol. The van der Waals surface area contributed by atoms with E-state index in [1.165, 1.54) is 11.1 Å². The van der Waals surface area contributed by atoms with Crippen molar-refractivity contribution in [2.45, 2.75) is 38.8 Å². The molecule has 0 atom stereocenters. The Morgan fingerprint density at radius 3 is 2.35 bits per heavy atom. The van der Waals surface area contributed by atoms with Gasteiger partial charge in [0, 0.05) is 18.4 Å². The average Bonchev–Trinajstić information content (AvgIpc) is 3.05. The molecule has 0 fully saturated rings. The molecule has 0 bridgehead atoms. The van der Waals surface area contributed by atoms with Gasteiger partial charge in [-0.05, 0) is 61.7 Å². The Morgan fingerprint density at radius 2 is 1.65 bits per heavy atom. The molecule has 3 rings (SSSR count). The Morgan fingerprint density at radius 1 is 0.923 bits per heavy atom.